The van der Waals surface area contributed by atoms with Crippen molar-refractivity contribution in [2.24, 2.45) is 0 Å². The number of piperazine rings is 1. The largest absolute Gasteiger partial charge is 0.479 e. The molecule has 0 radical (unpaired) electrons. The average molecular weight is 503 g/mol. The normalized spacial score (nSPS) is 22.9. The minimum absolute atomic E-state index is 0.0695. The standard InChI is InChI=1S/C29H41ClN2O3/c1-17-9-11-26(23(7)22(17)6)28(25-10-12-27(30)18(2)13-25)32-19(3)14-31(15-20(32)4)21(5)16-35-24(8)29(33)34/h9-13,19-21,24,28H,14-16H2,1-8H3,(H,33,34)/i9D,11D. The predicted molar refractivity (Wildman–Crippen MR) is 144 cm³/mol. The number of carboxylic acid groups (broad SMARTS) is 1. The maximum atomic E-state index is 11.2. The third-order valence-electron chi connectivity index (χ3n) is 7.56. The molecular weight excluding hydrogens is 460 g/mol. The van der Waals surface area contributed by atoms with Gasteiger partial charge in [-0.05, 0) is 94.8 Å². The van der Waals surface area contributed by atoms with Gasteiger partial charge in [0.25, 0.3) is 0 Å². The van der Waals surface area contributed by atoms with Gasteiger partial charge >= 0.3 is 5.97 Å². The molecule has 2 aromatic rings. The second-order valence-electron chi connectivity index (χ2n) is 10.2. The van der Waals surface area contributed by atoms with Crippen molar-refractivity contribution >= 4 is 17.6 Å². The van der Waals surface area contributed by atoms with Crippen molar-refractivity contribution < 1.29 is 17.4 Å². The van der Waals surface area contributed by atoms with E-state index in [9.17, 15) is 4.79 Å². The van der Waals surface area contributed by atoms with Gasteiger partial charge in [-0.3, -0.25) is 9.80 Å². The lowest BCUT2D eigenvalue weighted by Gasteiger charge is -2.50. The number of halogens is 1. The zero-order valence-corrected chi connectivity index (χ0v) is 23.0. The summed E-state index contributed by atoms with van der Waals surface area (Å²) in [6, 6.07) is 6.80. The Balaban J connectivity index is 2.03. The minimum atomic E-state index is -0.955. The van der Waals surface area contributed by atoms with E-state index in [-0.39, 0.29) is 36.3 Å². The fourth-order valence-corrected chi connectivity index (χ4v) is 5.25. The zero-order chi connectivity index (χ0) is 27.8. The topological polar surface area (TPSA) is 53.0 Å². The van der Waals surface area contributed by atoms with Gasteiger partial charge in [0.15, 0.2) is 6.10 Å². The van der Waals surface area contributed by atoms with Crippen LogP contribution in [0.15, 0.2) is 30.3 Å². The molecule has 35 heavy (non-hydrogen) atoms. The Morgan fingerprint density at radius 2 is 1.74 bits per heavy atom. The second-order valence-corrected chi connectivity index (χ2v) is 10.6. The van der Waals surface area contributed by atoms with Crippen molar-refractivity contribution in [2.75, 3.05) is 19.7 Å². The van der Waals surface area contributed by atoms with E-state index in [4.69, 9.17) is 24.2 Å². The minimum Gasteiger partial charge on any atom is -0.479 e. The molecule has 5 nitrogen and oxygen atoms in total. The van der Waals surface area contributed by atoms with E-state index in [1.807, 2.05) is 32.9 Å². The predicted octanol–water partition coefficient (Wildman–Crippen LogP) is 5.94. The van der Waals surface area contributed by atoms with Crippen LogP contribution in [0.4, 0.5) is 0 Å². The molecule has 3 rings (SSSR count). The van der Waals surface area contributed by atoms with Crippen LogP contribution in [0, 0.1) is 27.7 Å². The Morgan fingerprint density at radius 1 is 1.11 bits per heavy atom. The van der Waals surface area contributed by atoms with E-state index < -0.39 is 12.1 Å². The van der Waals surface area contributed by atoms with Crippen LogP contribution in [0.3, 0.4) is 0 Å². The smallest absolute Gasteiger partial charge is 0.332 e. The van der Waals surface area contributed by atoms with Crippen molar-refractivity contribution in [3.05, 3.63) is 68.7 Å². The van der Waals surface area contributed by atoms with Gasteiger partial charge in [0.05, 0.1) is 15.4 Å². The average Bonchev–Trinajstić information content (AvgIpc) is 2.84. The van der Waals surface area contributed by atoms with Gasteiger partial charge in [0.2, 0.25) is 0 Å². The number of benzene rings is 2. The molecule has 1 fully saturated rings. The van der Waals surface area contributed by atoms with Crippen molar-refractivity contribution in [1.82, 2.24) is 9.80 Å². The molecule has 0 saturated carbocycles. The molecular formula is C29H41ClN2O3. The number of aliphatic carboxylic acids is 1. The molecule has 1 aliphatic heterocycles. The SMILES string of the molecule is [2H]c1c([2H])c(C(c2ccc(Cl)c(C)c2)N2C(C)CN(C(C)COC(C)C(=O)O)CC2C)c(C)c(C)c1C. The number of carbonyl (C=O) groups is 1. The molecule has 2 aromatic carbocycles. The van der Waals surface area contributed by atoms with E-state index in [0.717, 1.165) is 46.5 Å². The monoisotopic (exact) mass is 502 g/mol. The summed E-state index contributed by atoms with van der Waals surface area (Å²) in [5.41, 5.74) is 5.91. The van der Waals surface area contributed by atoms with Crippen LogP contribution >= 0.6 is 11.6 Å². The number of nitrogens with zero attached hydrogens (tertiary/aromatic N) is 2. The third kappa shape index (κ3) is 6.08. The maximum absolute atomic E-state index is 11.2. The van der Waals surface area contributed by atoms with E-state index >= 15 is 0 Å². The number of ether oxygens (including phenoxy) is 1. The van der Waals surface area contributed by atoms with Crippen molar-refractivity contribution in [3.63, 3.8) is 0 Å². The zero-order valence-electron chi connectivity index (χ0n) is 24.3. The highest BCUT2D eigenvalue weighted by atomic mass is 35.5. The van der Waals surface area contributed by atoms with Gasteiger partial charge in [0, 0.05) is 36.2 Å². The summed E-state index contributed by atoms with van der Waals surface area (Å²) in [4.78, 5) is 16.0. The molecule has 0 aromatic heterocycles. The number of carboxylic acids is 1. The molecule has 5 atom stereocenters. The van der Waals surface area contributed by atoms with Crippen molar-refractivity contribution in [3.8, 4) is 0 Å². The molecule has 5 unspecified atom stereocenters. The number of rotatable bonds is 8. The van der Waals surface area contributed by atoms with E-state index in [2.05, 4.69) is 43.6 Å². The molecule has 0 aliphatic carbocycles. The highest BCUT2D eigenvalue weighted by Crippen LogP contribution is 2.38. The molecule has 0 spiro atoms. The lowest BCUT2D eigenvalue weighted by atomic mass is 9.87. The van der Waals surface area contributed by atoms with Gasteiger partial charge in [-0.1, -0.05) is 35.8 Å². The lowest BCUT2D eigenvalue weighted by molar-refractivity contribution is -0.150. The highest BCUT2D eigenvalue weighted by molar-refractivity contribution is 6.31. The summed E-state index contributed by atoms with van der Waals surface area (Å²) in [5.74, 6) is -0.955. The van der Waals surface area contributed by atoms with Crippen LogP contribution in [-0.4, -0.2) is 64.8 Å². The Hall–Kier alpha value is -1.92. The van der Waals surface area contributed by atoms with Crippen molar-refractivity contribution in [1.29, 1.82) is 0 Å². The van der Waals surface area contributed by atoms with Crippen LogP contribution in [0.5, 0.6) is 0 Å². The number of aryl methyl sites for hydroxylation is 1. The molecule has 1 aliphatic rings. The third-order valence-corrected chi connectivity index (χ3v) is 7.98. The summed E-state index contributed by atoms with van der Waals surface area (Å²) in [6.07, 6.45) is -0.835. The van der Waals surface area contributed by atoms with Gasteiger partial charge in [-0.15, -0.1) is 0 Å². The maximum Gasteiger partial charge on any atom is 0.332 e. The Labute approximate surface area is 218 Å². The van der Waals surface area contributed by atoms with Gasteiger partial charge in [0.1, 0.15) is 0 Å². The fourth-order valence-electron chi connectivity index (χ4n) is 5.14. The van der Waals surface area contributed by atoms with Crippen LogP contribution in [0.1, 0.15) is 69.9 Å². The van der Waals surface area contributed by atoms with Crippen LogP contribution in [0.25, 0.3) is 0 Å². The lowest BCUT2D eigenvalue weighted by Crippen LogP contribution is -2.60. The van der Waals surface area contributed by atoms with Crippen LogP contribution in [-0.2, 0) is 9.53 Å². The molecule has 0 bridgehead atoms. The fraction of sp³-hybridized carbons (Fsp3) is 0.552. The molecule has 1 heterocycles. The van der Waals surface area contributed by atoms with Gasteiger partial charge in [-0.2, -0.15) is 0 Å². The first-order valence-corrected chi connectivity index (χ1v) is 12.8. The molecule has 1 N–H and O–H groups in total. The Kier molecular flexibility index (Phi) is 8.08. The summed E-state index contributed by atoms with van der Waals surface area (Å²) in [6.45, 7) is 18.0. The summed E-state index contributed by atoms with van der Waals surface area (Å²) in [7, 11) is 0. The van der Waals surface area contributed by atoms with Gasteiger partial charge in [-0.25, -0.2) is 4.79 Å². The molecule has 192 valence electrons. The number of hydrogen-bond donors (Lipinski definition) is 1. The van der Waals surface area contributed by atoms with Crippen LogP contribution in [0.2, 0.25) is 5.02 Å². The Morgan fingerprint density at radius 3 is 2.31 bits per heavy atom. The molecule has 0 amide bonds. The quantitative estimate of drug-likeness (QED) is 0.484. The highest BCUT2D eigenvalue weighted by Gasteiger charge is 2.38. The molecule has 1 saturated heterocycles. The summed E-state index contributed by atoms with van der Waals surface area (Å²) in [5, 5.41) is 9.87. The van der Waals surface area contributed by atoms with E-state index in [0.29, 0.717) is 11.6 Å². The first kappa shape index (κ1) is 24.8. The summed E-state index contributed by atoms with van der Waals surface area (Å²) < 4.78 is 23.3. The first-order chi connectivity index (χ1) is 17.3. The van der Waals surface area contributed by atoms with Crippen molar-refractivity contribution in [2.45, 2.75) is 85.7 Å². The van der Waals surface area contributed by atoms with Gasteiger partial charge < -0.3 is 9.84 Å². The summed E-state index contributed by atoms with van der Waals surface area (Å²) >= 11 is 6.40. The van der Waals surface area contributed by atoms with Crippen LogP contribution < -0.4 is 0 Å². The second kappa shape index (κ2) is 11.4. The van der Waals surface area contributed by atoms with E-state index in [1.54, 1.807) is 6.92 Å². The van der Waals surface area contributed by atoms with E-state index in [1.165, 1.54) is 0 Å². The number of hydrogen-bond acceptors (Lipinski definition) is 4. The first-order valence-electron chi connectivity index (χ1n) is 13.4. The molecule has 6 heteroatoms. The Bertz CT molecular complexity index is 1120.